The highest BCUT2D eigenvalue weighted by molar-refractivity contribution is 5.80. The Morgan fingerprint density at radius 3 is 2.39 bits per heavy atom. The van der Waals surface area contributed by atoms with Crippen molar-refractivity contribution in [3.63, 3.8) is 0 Å². The lowest BCUT2D eigenvalue weighted by molar-refractivity contribution is -0.122. The van der Waals surface area contributed by atoms with Crippen LogP contribution in [-0.4, -0.2) is 42.8 Å². The molecule has 0 saturated heterocycles. The van der Waals surface area contributed by atoms with E-state index in [2.05, 4.69) is 16.0 Å². The van der Waals surface area contributed by atoms with Crippen LogP contribution in [-0.2, 0) is 9.53 Å². The number of nitrogens with one attached hydrogen (secondary N) is 3. The third-order valence-electron chi connectivity index (χ3n) is 4.20. The Hall–Kier alpha value is -1.30. The van der Waals surface area contributed by atoms with Gasteiger partial charge in [-0.15, -0.1) is 0 Å². The summed E-state index contributed by atoms with van der Waals surface area (Å²) in [6.07, 6.45) is 5.86. The molecule has 0 aromatic heterocycles. The van der Waals surface area contributed by atoms with Crippen LogP contribution in [0.3, 0.4) is 0 Å². The molecule has 6 heteroatoms. The van der Waals surface area contributed by atoms with Gasteiger partial charge in [0.15, 0.2) is 0 Å². The van der Waals surface area contributed by atoms with E-state index < -0.39 is 5.60 Å². The largest absolute Gasteiger partial charge is 0.444 e. The monoisotopic (exact) mass is 325 g/mol. The number of rotatable bonds is 6. The van der Waals surface area contributed by atoms with Crippen LogP contribution in [0, 0.1) is 5.92 Å². The van der Waals surface area contributed by atoms with Gasteiger partial charge in [0.25, 0.3) is 0 Å². The molecule has 2 fully saturated rings. The van der Waals surface area contributed by atoms with Gasteiger partial charge in [-0.25, -0.2) is 4.79 Å². The van der Waals surface area contributed by atoms with Gasteiger partial charge < -0.3 is 20.7 Å². The van der Waals surface area contributed by atoms with Crippen LogP contribution in [0.25, 0.3) is 0 Å². The van der Waals surface area contributed by atoms with E-state index in [-0.39, 0.29) is 24.0 Å². The Kier molecular flexibility index (Phi) is 6.27. The van der Waals surface area contributed by atoms with Crippen molar-refractivity contribution < 1.29 is 14.3 Å². The summed E-state index contributed by atoms with van der Waals surface area (Å²) in [4.78, 5) is 23.4. The van der Waals surface area contributed by atoms with Crippen LogP contribution in [0.2, 0.25) is 0 Å². The van der Waals surface area contributed by atoms with Crippen molar-refractivity contribution in [1.29, 1.82) is 0 Å². The topological polar surface area (TPSA) is 79.5 Å². The summed E-state index contributed by atoms with van der Waals surface area (Å²) in [6.45, 7) is 7.06. The number of hydrogen-bond donors (Lipinski definition) is 3. The van der Waals surface area contributed by atoms with E-state index in [1.54, 1.807) is 0 Å². The fraction of sp³-hybridized carbons (Fsp3) is 0.882. The average molecular weight is 325 g/mol. The highest BCUT2D eigenvalue weighted by Gasteiger charge is 2.29. The minimum Gasteiger partial charge on any atom is -0.444 e. The quantitative estimate of drug-likeness (QED) is 0.652. The molecule has 2 unspecified atom stereocenters. The van der Waals surface area contributed by atoms with Crippen molar-refractivity contribution in [1.82, 2.24) is 16.0 Å². The fourth-order valence-electron chi connectivity index (χ4n) is 2.93. The van der Waals surface area contributed by atoms with Crippen LogP contribution in [0.5, 0.6) is 0 Å². The Labute approximate surface area is 139 Å². The van der Waals surface area contributed by atoms with E-state index in [4.69, 9.17) is 4.74 Å². The number of hydrogen-bond acceptors (Lipinski definition) is 4. The van der Waals surface area contributed by atoms with Crippen LogP contribution in [0.1, 0.15) is 59.3 Å². The average Bonchev–Trinajstić information content (AvgIpc) is 3.26. The predicted octanol–water partition coefficient (Wildman–Crippen LogP) is 1.94. The van der Waals surface area contributed by atoms with E-state index >= 15 is 0 Å². The lowest BCUT2D eigenvalue weighted by atomic mass is 9.91. The predicted molar refractivity (Wildman–Crippen MR) is 89.2 cm³/mol. The van der Waals surface area contributed by atoms with Gasteiger partial charge in [0.05, 0.1) is 0 Å². The molecule has 2 rings (SSSR count). The van der Waals surface area contributed by atoms with Crippen LogP contribution in [0.4, 0.5) is 4.79 Å². The first-order valence-corrected chi connectivity index (χ1v) is 8.84. The smallest absolute Gasteiger partial charge is 0.407 e. The molecule has 2 aliphatic rings. The van der Waals surface area contributed by atoms with Gasteiger partial charge in [-0.3, -0.25) is 4.79 Å². The molecule has 2 aliphatic carbocycles. The van der Waals surface area contributed by atoms with Crippen LogP contribution >= 0.6 is 0 Å². The molecule has 0 radical (unpaired) electrons. The fourth-order valence-corrected chi connectivity index (χ4v) is 2.93. The number of carbonyl (C=O) groups is 2. The zero-order valence-electron chi connectivity index (χ0n) is 14.6. The molecular formula is C17H31N3O3. The molecule has 23 heavy (non-hydrogen) atoms. The minimum absolute atomic E-state index is 0.164. The summed E-state index contributed by atoms with van der Waals surface area (Å²) in [6, 6.07) is 0.554. The SMILES string of the molecule is CC(C)(C)OC(=O)NC1CCCC(NCCNC(=O)C2CC2)C1. The summed E-state index contributed by atoms with van der Waals surface area (Å²) >= 11 is 0. The maximum absolute atomic E-state index is 11.8. The first-order chi connectivity index (χ1) is 10.8. The number of ether oxygens (including phenoxy) is 1. The van der Waals surface area contributed by atoms with E-state index in [0.29, 0.717) is 12.6 Å². The van der Waals surface area contributed by atoms with E-state index in [0.717, 1.165) is 45.1 Å². The van der Waals surface area contributed by atoms with Crippen molar-refractivity contribution in [2.75, 3.05) is 13.1 Å². The third kappa shape index (κ3) is 7.20. The van der Waals surface area contributed by atoms with Crippen molar-refractivity contribution in [2.45, 2.75) is 77.0 Å². The van der Waals surface area contributed by atoms with Crippen molar-refractivity contribution in [3.8, 4) is 0 Å². The molecular weight excluding hydrogens is 294 g/mol. The standard InChI is InChI=1S/C17H31N3O3/c1-17(2,3)23-16(22)20-14-6-4-5-13(11-14)18-9-10-19-15(21)12-7-8-12/h12-14,18H,4-11H2,1-3H3,(H,19,21)(H,20,22). The molecule has 0 aromatic carbocycles. The Balaban J connectivity index is 1.60. The van der Waals surface area contributed by atoms with Crippen molar-refractivity contribution >= 4 is 12.0 Å². The third-order valence-corrected chi connectivity index (χ3v) is 4.20. The molecule has 3 N–H and O–H groups in total. The molecule has 2 amide bonds. The van der Waals surface area contributed by atoms with Gasteiger partial charge in [-0.05, 0) is 59.3 Å². The lowest BCUT2D eigenvalue weighted by Crippen LogP contribution is -2.46. The van der Waals surface area contributed by atoms with Gasteiger partial charge in [0.2, 0.25) is 5.91 Å². The molecule has 0 aromatic rings. The van der Waals surface area contributed by atoms with E-state index in [1.165, 1.54) is 0 Å². The minimum atomic E-state index is -0.462. The van der Waals surface area contributed by atoms with Gasteiger partial charge >= 0.3 is 6.09 Å². The molecule has 0 heterocycles. The number of carbonyl (C=O) groups excluding carboxylic acids is 2. The summed E-state index contributed by atoms with van der Waals surface area (Å²) in [5, 5.41) is 9.41. The summed E-state index contributed by atoms with van der Waals surface area (Å²) < 4.78 is 5.31. The zero-order chi connectivity index (χ0) is 16.9. The molecule has 6 nitrogen and oxygen atoms in total. The molecule has 132 valence electrons. The molecule has 0 spiro atoms. The maximum atomic E-state index is 11.8. The Morgan fingerprint density at radius 2 is 1.74 bits per heavy atom. The van der Waals surface area contributed by atoms with Gasteiger partial charge in [0, 0.05) is 31.1 Å². The Bertz CT molecular complexity index is 416. The second kappa shape index (κ2) is 7.99. The molecule has 0 aliphatic heterocycles. The van der Waals surface area contributed by atoms with Gasteiger partial charge in [0.1, 0.15) is 5.60 Å². The normalized spacial score (nSPS) is 24.8. The van der Waals surface area contributed by atoms with Crippen molar-refractivity contribution in [3.05, 3.63) is 0 Å². The van der Waals surface area contributed by atoms with E-state index in [9.17, 15) is 9.59 Å². The molecule has 2 atom stereocenters. The summed E-state index contributed by atoms with van der Waals surface area (Å²) in [5.74, 6) is 0.465. The molecule has 0 bridgehead atoms. The second-order valence-corrected chi connectivity index (χ2v) is 7.73. The lowest BCUT2D eigenvalue weighted by Gasteiger charge is -2.31. The van der Waals surface area contributed by atoms with Crippen LogP contribution < -0.4 is 16.0 Å². The second-order valence-electron chi connectivity index (χ2n) is 7.73. The summed E-state index contributed by atoms with van der Waals surface area (Å²) in [7, 11) is 0. The summed E-state index contributed by atoms with van der Waals surface area (Å²) in [5.41, 5.74) is -0.462. The number of alkyl carbamates (subject to hydrolysis) is 1. The van der Waals surface area contributed by atoms with Crippen LogP contribution in [0.15, 0.2) is 0 Å². The maximum Gasteiger partial charge on any atom is 0.407 e. The molecule has 2 saturated carbocycles. The van der Waals surface area contributed by atoms with E-state index in [1.807, 2.05) is 20.8 Å². The first-order valence-electron chi connectivity index (χ1n) is 8.84. The highest BCUT2D eigenvalue weighted by atomic mass is 16.6. The van der Waals surface area contributed by atoms with Gasteiger partial charge in [-0.1, -0.05) is 0 Å². The first kappa shape index (κ1) is 18.0. The Morgan fingerprint density at radius 1 is 1.04 bits per heavy atom. The highest BCUT2D eigenvalue weighted by Crippen LogP contribution is 2.28. The number of amides is 2. The van der Waals surface area contributed by atoms with Crippen molar-refractivity contribution in [2.24, 2.45) is 5.92 Å². The zero-order valence-corrected chi connectivity index (χ0v) is 14.6. The van der Waals surface area contributed by atoms with Gasteiger partial charge in [-0.2, -0.15) is 0 Å².